The summed E-state index contributed by atoms with van der Waals surface area (Å²) < 4.78 is 72.8. The fourth-order valence-electron chi connectivity index (χ4n) is 3.75. The third-order valence-electron chi connectivity index (χ3n) is 5.43. The number of halogens is 5. The predicted molar refractivity (Wildman–Crippen MR) is 126 cm³/mol. The third kappa shape index (κ3) is 5.37. The first-order valence-corrected chi connectivity index (χ1v) is 10.8. The molecule has 0 saturated heterocycles. The maximum Gasteiger partial charge on any atom is 0.416 e. The number of nitrogens with zero attached hydrogens (tertiary/aromatic N) is 4. The van der Waals surface area contributed by atoms with Crippen molar-refractivity contribution >= 4 is 34.8 Å². The predicted octanol–water partition coefficient (Wildman–Crippen LogP) is 5.97. The van der Waals surface area contributed by atoms with Crippen molar-refractivity contribution in [2.45, 2.75) is 19.1 Å². The Bertz CT molecular complexity index is 1450. The number of carbonyl (C=O) groups excluding carboxylic acids is 1. The van der Waals surface area contributed by atoms with Gasteiger partial charge < -0.3 is 10.1 Å². The lowest BCUT2D eigenvalue weighted by Crippen LogP contribution is -2.27. The minimum absolute atomic E-state index is 0.0304. The van der Waals surface area contributed by atoms with E-state index in [9.17, 15) is 26.7 Å². The number of rotatable bonds is 8. The summed E-state index contributed by atoms with van der Waals surface area (Å²) in [5, 5.41) is 11.2. The Hall–Kier alpha value is -4.48. The Labute approximate surface area is 207 Å². The smallest absolute Gasteiger partial charge is 0.416 e. The van der Waals surface area contributed by atoms with Crippen LogP contribution in [0.15, 0.2) is 72.1 Å². The molecule has 190 valence electrons. The molecule has 0 amide bonds. The van der Waals surface area contributed by atoms with E-state index >= 15 is 0 Å². The summed E-state index contributed by atoms with van der Waals surface area (Å²) in [5.41, 5.74) is 0.529. The van der Waals surface area contributed by atoms with Gasteiger partial charge in [-0.15, -0.1) is 0 Å². The van der Waals surface area contributed by atoms with Gasteiger partial charge in [-0.1, -0.05) is 6.07 Å². The van der Waals surface area contributed by atoms with Crippen molar-refractivity contribution in [3.63, 3.8) is 0 Å². The molecule has 1 aliphatic rings. The molecule has 0 unspecified atom stereocenters. The zero-order valence-electron chi connectivity index (χ0n) is 19.2. The van der Waals surface area contributed by atoms with Gasteiger partial charge in [-0.25, -0.2) is 9.67 Å². The van der Waals surface area contributed by atoms with Crippen molar-refractivity contribution < 1.29 is 36.1 Å². The molecule has 4 rings (SSSR count). The third-order valence-corrected chi connectivity index (χ3v) is 5.43. The van der Waals surface area contributed by atoms with Gasteiger partial charge in [-0.2, -0.15) is 31.6 Å². The molecule has 1 aliphatic heterocycles. The van der Waals surface area contributed by atoms with E-state index in [1.54, 1.807) is 18.2 Å². The van der Waals surface area contributed by atoms with Gasteiger partial charge in [-0.05, 0) is 35.9 Å². The maximum absolute atomic E-state index is 13.2. The molecule has 0 bridgehead atoms. The molecular formula is C25H19F5N5O2+. The zero-order valence-corrected chi connectivity index (χ0v) is 19.2. The first-order valence-electron chi connectivity index (χ1n) is 10.8. The number of hydrogen-bond donors (Lipinski definition) is 1. The molecule has 0 radical (unpaired) electrons. The van der Waals surface area contributed by atoms with Gasteiger partial charge in [0, 0.05) is 30.5 Å². The van der Waals surface area contributed by atoms with E-state index in [1.165, 1.54) is 48.5 Å². The van der Waals surface area contributed by atoms with Gasteiger partial charge in [0.1, 0.15) is 5.71 Å². The standard InChI is InChI=1S/C25H19F5N5O2/c1-37-22-11-15(16-13-32-35(14-16)24(26)27)5-6-20(22)34-10-8-21(36)23(34)19(7-9-31)33-18-4-2-3-17(12-18)25(28,29)30/h2-6,8-14,24,31H,7H2,1H3/q+1. The molecule has 0 saturated carbocycles. The fraction of sp³-hybridized carbons (Fsp3) is 0.160. The Balaban J connectivity index is 1.81. The molecule has 2 heterocycles. The highest BCUT2D eigenvalue weighted by Crippen LogP contribution is 2.35. The summed E-state index contributed by atoms with van der Waals surface area (Å²) in [6.07, 6.45) is 1.48. The largest absolute Gasteiger partial charge is 0.490 e. The number of ketones is 1. The summed E-state index contributed by atoms with van der Waals surface area (Å²) >= 11 is 0. The molecule has 1 aromatic heterocycles. The van der Waals surface area contributed by atoms with Gasteiger partial charge in [-0.3, -0.25) is 4.79 Å². The van der Waals surface area contributed by atoms with Crippen LogP contribution in [-0.2, 0) is 11.0 Å². The van der Waals surface area contributed by atoms with Crippen LogP contribution in [0.25, 0.3) is 11.1 Å². The number of ether oxygens (including phenoxy) is 1. The summed E-state index contributed by atoms with van der Waals surface area (Å²) in [5.74, 6) is -0.177. The lowest BCUT2D eigenvalue weighted by Gasteiger charge is -2.09. The van der Waals surface area contributed by atoms with Crippen molar-refractivity contribution in [1.29, 1.82) is 5.41 Å². The topological polar surface area (TPSA) is 83.3 Å². The van der Waals surface area contributed by atoms with Crippen molar-refractivity contribution in [3.8, 4) is 16.9 Å². The van der Waals surface area contributed by atoms with Crippen molar-refractivity contribution in [2.75, 3.05) is 7.11 Å². The van der Waals surface area contributed by atoms with Crippen LogP contribution in [0, 0.1) is 5.41 Å². The van der Waals surface area contributed by atoms with E-state index < -0.39 is 24.1 Å². The first-order chi connectivity index (χ1) is 17.6. The second-order valence-electron chi connectivity index (χ2n) is 7.79. The summed E-state index contributed by atoms with van der Waals surface area (Å²) in [6.45, 7) is -2.80. The molecule has 2 aromatic carbocycles. The van der Waals surface area contributed by atoms with E-state index in [-0.39, 0.29) is 29.3 Å². The molecule has 3 aromatic rings. The van der Waals surface area contributed by atoms with E-state index in [0.717, 1.165) is 18.3 Å². The minimum Gasteiger partial charge on any atom is -0.490 e. The number of benzene rings is 2. The number of aliphatic imine (C=N–C) groups is 1. The van der Waals surface area contributed by atoms with E-state index in [2.05, 4.69) is 10.1 Å². The van der Waals surface area contributed by atoms with Crippen LogP contribution in [-0.4, -0.2) is 44.9 Å². The average Bonchev–Trinajstić information content (AvgIpc) is 3.50. The van der Waals surface area contributed by atoms with Crippen molar-refractivity contribution in [1.82, 2.24) is 9.78 Å². The number of aromatic nitrogens is 2. The quantitative estimate of drug-likeness (QED) is 0.228. The van der Waals surface area contributed by atoms with Crippen LogP contribution in [0.2, 0.25) is 0 Å². The Morgan fingerprint density at radius 1 is 1.22 bits per heavy atom. The van der Waals surface area contributed by atoms with Gasteiger partial charge in [0.05, 0.1) is 30.6 Å². The fourth-order valence-corrected chi connectivity index (χ4v) is 3.75. The lowest BCUT2D eigenvalue weighted by atomic mass is 10.1. The molecule has 1 N–H and O–H groups in total. The second kappa shape index (κ2) is 10.2. The van der Waals surface area contributed by atoms with E-state index in [0.29, 0.717) is 21.5 Å². The summed E-state index contributed by atoms with van der Waals surface area (Å²) in [6, 6.07) is 9.15. The Morgan fingerprint density at radius 3 is 2.65 bits per heavy atom. The SMILES string of the molecule is COc1cc(-c2cnn(C(F)F)c2)ccc1[N+]1=C(C(CC=N)=Nc2cccc(C(F)(F)F)c2)C(=O)C=C1. The highest BCUT2D eigenvalue weighted by molar-refractivity contribution is 6.69. The molecule has 37 heavy (non-hydrogen) atoms. The molecule has 0 fully saturated rings. The first kappa shape index (κ1) is 25.6. The number of methoxy groups -OCH3 is 1. The number of carbonyl (C=O) groups is 1. The zero-order chi connectivity index (χ0) is 26.7. The van der Waals surface area contributed by atoms with Crippen LogP contribution >= 0.6 is 0 Å². The van der Waals surface area contributed by atoms with Crippen LogP contribution in [0.5, 0.6) is 5.75 Å². The minimum atomic E-state index is -4.57. The molecule has 0 spiro atoms. The number of hydrogen-bond acceptors (Lipinski definition) is 5. The highest BCUT2D eigenvalue weighted by atomic mass is 19.4. The van der Waals surface area contributed by atoms with Crippen LogP contribution < -0.4 is 4.74 Å². The van der Waals surface area contributed by atoms with Crippen LogP contribution in [0.1, 0.15) is 18.5 Å². The summed E-state index contributed by atoms with van der Waals surface area (Å²) in [7, 11) is 1.39. The number of allylic oxidation sites excluding steroid dienone is 1. The van der Waals surface area contributed by atoms with Crippen LogP contribution in [0.3, 0.4) is 0 Å². The highest BCUT2D eigenvalue weighted by Gasteiger charge is 2.35. The number of alkyl halides is 5. The molecule has 0 atom stereocenters. The lowest BCUT2D eigenvalue weighted by molar-refractivity contribution is -0.355. The monoisotopic (exact) mass is 516 g/mol. The van der Waals surface area contributed by atoms with Gasteiger partial charge >= 0.3 is 12.7 Å². The molecule has 7 nitrogen and oxygen atoms in total. The normalized spacial score (nSPS) is 14.1. The van der Waals surface area contributed by atoms with E-state index in [1.807, 2.05) is 0 Å². The molecule has 12 heteroatoms. The Kier molecular flexibility index (Phi) is 7.09. The molecule has 0 aliphatic carbocycles. The van der Waals surface area contributed by atoms with Crippen LogP contribution in [0.4, 0.5) is 33.3 Å². The summed E-state index contributed by atoms with van der Waals surface area (Å²) in [4.78, 5) is 17.1. The van der Waals surface area contributed by atoms with Crippen molar-refractivity contribution in [2.24, 2.45) is 4.99 Å². The van der Waals surface area contributed by atoms with Gasteiger partial charge in [0.25, 0.3) is 17.2 Å². The second-order valence-corrected chi connectivity index (χ2v) is 7.79. The van der Waals surface area contributed by atoms with Crippen molar-refractivity contribution in [3.05, 3.63) is 72.7 Å². The van der Waals surface area contributed by atoms with Gasteiger partial charge in [0.15, 0.2) is 11.9 Å². The number of nitrogens with one attached hydrogen (secondary N) is 1. The maximum atomic E-state index is 13.2. The molecular weight excluding hydrogens is 497 g/mol. The Morgan fingerprint density at radius 2 is 2.00 bits per heavy atom. The average molecular weight is 516 g/mol. The van der Waals surface area contributed by atoms with E-state index in [4.69, 9.17) is 10.1 Å². The van der Waals surface area contributed by atoms with Gasteiger partial charge in [0.2, 0.25) is 0 Å².